The number of rotatable bonds is 6. The fourth-order valence-electron chi connectivity index (χ4n) is 3.95. The summed E-state index contributed by atoms with van der Waals surface area (Å²) in [5, 5.41) is 12.0. The Bertz CT molecular complexity index is 721. The number of carbonyl (C=O) groups is 3. The van der Waals surface area contributed by atoms with E-state index < -0.39 is 18.7 Å². The van der Waals surface area contributed by atoms with E-state index >= 15 is 0 Å². The largest absolute Gasteiger partial charge is 0.497 e. The lowest BCUT2D eigenvalue weighted by Gasteiger charge is -2.30. The minimum atomic E-state index is -0.567. The third kappa shape index (κ3) is 4.27. The zero-order chi connectivity index (χ0) is 20.1. The van der Waals surface area contributed by atoms with E-state index in [1.54, 1.807) is 12.0 Å². The molecule has 0 aliphatic carbocycles. The highest BCUT2D eigenvalue weighted by Gasteiger charge is 2.41. The lowest BCUT2D eigenvalue weighted by Crippen LogP contribution is -2.53. The van der Waals surface area contributed by atoms with E-state index in [1.807, 2.05) is 24.3 Å². The number of nitrogens with zero attached hydrogens (tertiary/aromatic N) is 2. The molecule has 2 heterocycles. The van der Waals surface area contributed by atoms with Crippen LogP contribution < -0.4 is 10.1 Å². The highest BCUT2D eigenvalue weighted by molar-refractivity contribution is 5.93. The number of urea groups is 1. The fourth-order valence-corrected chi connectivity index (χ4v) is 3.95. The molecule has 2 N–H and O–H groups in total. The molecule has 0 radical (unpaired) electrons. The summed E-state index contributed by atoms with van der Waals surface area (Å²) in [5.74, 6) is 0.221. The van der Waals surface area contributed by atoms with Crippen LogP contribution in [0.4, 0.5) is 4.79 Å². The first-order chi connectivity index (χ1) is 13.5. The molecule has 8 nitrogen and oxygen atoms in total. The number of hydrogen-bond acceptors (Lipinski definition) is 5. The topological polar surface area (TPSA) is 99.2 Å². The molecule has 152 valence electrons. The number of aliphatic hydroxyl groups excluding tert-OH is 1. The molecule has 2 aliphatic heterocycles. The van der Waals surface area contributed by atoms with Crippen LogP contribution in [0.2, 0.25) is 0 Å². The van der Waals surface area contributed by atoms with Crippen molar-refractivity contribution in [1.29, 1.82) is 0 Å². The molecular weight excluding hydrogens is 362 g/mol. The molecule has 28 heavy (non-hydrogen) atoms. The van der Waals surface area contributed by atoms with Crippen molar-refractivity contribution >= 4 is 17.7 Å². The van der Waals surface area contributed by atoms with Gasteiger partial charge in [-0.3, -0.25) is 9.59 Å². The maximum atomic E-state index is 13.0. The van der Waals surface area contributed by atoms with Crippen molar-refractivity contribution in [2.24, 2.45) is 0 Å². The first-order valence-electron chi connectivity index (χ1n) is 9.66. The molecule has 2 fully saturated rings. The second-order valence-electron chi connectivity index (χ2n) is 7.17. The summed E-state index contributed by atoms with van der Waals surface area (Å²) < 4.78 is 5.12. The second-order valence-corrected chi connectivity index (χ2v) is 7.17. The zero-order valence-electron chi connectivity index (χ0n) is 16.1. The van der Waals surface area contributed by atoms with Gasteiger partial charge in [0, 0.05) is 19.6 Å². The number of hydrogen-bond donors (Lipinski definition) is 2. The van der Waals surface area contributed by atoms with Gasteiger partial charge < -0.3 is 25.0 Å². The summed E-state index contributed by atoms with van der Waals surface area (Å²) >= 11 is 0. The summed E-state index contributed by atoms with van der Waals surface area (Å²) in [4.78, 5) is 40.7. The molecule has 0 aromatic heterocycles. The summed E-state index contributed by atoms with van der Waals surface area (Å²) in [6, 6.07) is 6.01. The van der Waals surface area contributed by atoms with E-state index in [1.165, 1.54) is 4.90 Å². The smallest absolute Gasteiger partial charge is 0.318 e. The average Bonchev–Trinajstić information content (AvgIpc) is 3.41. The predicted octanol–water partition coefficient (Wildman–Crippen LogP) is 0.922. The third-order valence-electron chi connectivity index (χ3n) is 5.46. The Kier molecular flexibility index (Phi) is 6.51. The van der Waals surface area contributed by atoms with E-state index in [4.69, 9.17) is 9.84 Å². The van der Waals surface area contributed by atoms with Gasteiger partial charge in [0.05, 0.1) is 13.2 Å². The van der Waals surface area contributed by atoms with Crippen LogP contribution >= 0.6 is 0 Å². The quantitative estimate of drug-likeness (QED) is 0.754. The van der Waals surface area contributed by atoms with Crippen LogP contribution in [-0.4, -0.2) is 71.5 Å². The number of methoxy groups -OCH3 is 1. The van der Waals surface area contributed by atoms with Gasteiger partial charge in [-0.1, -0.05) is 12.1 Å². The number of nitrogens with one attached hydrogen (secondary N) is 1. The molecule has 0 spiro atoms. The number of amides is 3. The van der Waals surface area contributed by atoms with Crippen molar-refractivity contribution in [2.75, 3.05) is 26.8 Å². The summed E-state index contributed by atoms with van der Waals surface area (Å²) in [6.07, 6.45) is 2.64. The maximum Gasteiger partial charge on any atom is 0.318 e. The van der Waals surface area contributed by atoms with Gasteiger partial charge in [0.25, 0.3) is 0 Å². The minimum absolute atomic E-state index is 0.193. The Hall–Kier alpha value is -2.61. The highest BCUT2D eigenvalue weighted by Crippen LogP contribution is 2.25. The molecule has 8 heteroatoms. The Morgan fingerprint density at radius 2 is 1.71 bits per heavy atom. The molecular formula is C20H27N3O5. The van der Waals surface area contributed by atoms with Gasteiger partial charge in [-0.05, 0) is 43.4 Å². The molecule has 0 unspecified atom stereocenters. The van der Waals surface area contributed by atoms with Crippen LogP contribution in [0.1, 0.15) is 31.2 Å². The molecule has 2 atom stereocenters. The number of carbonyl (C=O) groups excluding carboxylic acids is 3. The molecule has 3 amide bonds. The van der Waals surface area contributed by atoms with Gasteiger partial charge in [0.2, 0.25) is 5.91 Å². The molecule has 1 aromatic carbocycles. The van der Waals surface area contributed by atoms with Crippen molar-refractivity contribution in [3.8, 4) is 5.75 Å². The summed E-state index contributed by atoms with van der Waals surface area (Å²) in [7, 11) is 1.60. The zero-order valence-corrected chi connectivity index (χ0v) is 16.1. The highest BCUT2D eigenvalue weighted by atomic mass is 16.5. The van der Waals surface area contributed by atoms with Crippen molar-refractivity contribution in [2.45, 2.75) is 44.3 Å². The van der Waals surface area contributed by atoms with Gasteiger partial charge in [0.15, 0.2) is 5.78 Å². The van der Waals surface area contributed by atoms with Gasteiger partial charge in [-0.15, -0.1) is 0 Å². The van der Waals surface area contributed by atoms with E-state index in [0.717, 1.165) is 24.2 Å². The van der Waals surface area contributed by atoms with Crippen molar-refractivity contribution in [3.63, 3.8) is 0 Å². The van der Waals surface area contributed by atoms with E-state index in [-0.39, 0.29) is 17.7 Å². The van der Waals surface area contributed by atoms with Crippen molar-refractivity contribution in [1.82, 2.24) is 15.1 Å². The molecule has 2 saturated heterocycles. The van der Waals surface area contributed by atoms with Crippen molar-refractivity contribution in [3.05, 3.63) is 29.8 Å². The number of benzene rings is 1. The predicted molar refractivity (Wildman–Crippen MR) is 102 cm³/mol. The summed E-state index contributed by atoms with van der Waals surface area (Å²) in [5.41, 5.74) is 0.935. The maximum absolute atomic E-state index is 13.0. The first kappa shape index (κ1) is 20.1. The van der Waals surface area contributed by atoms with E-state index in [0.29, 0.717) is 32.5 Å². The number of Topliss-reactive ketones (excluding diaryl/α,β-unsaturated/α-hetero) is 1. The molecule has 0 bridgehead atoms. The monoisotopic (exact) mass is 389 g/mol. The Labute approximate surface area is 164 Å². The van der Waals surface area contributed by atoms with Crippen LogP contribution in [0, 0.1) is 0 Å². The molecule has 0 saturated carbocycles. The SMILES string of the molecule is COc1ccc(CNC(=O)N2CCC[C@H]2C(=O)N2CCC[C@H]2C(=O)CO)cc1. The fraction of sp³-hybridized carbons (Fsp3) is 0.550. The van der Waals surface area contributed by atoms with Gasteiger partial charge in [0.1, 0.15) is 18.4 Å². The van der Waals surface area contributed by atoms with Gasteiger partial charge in [-0.2, -0.15) is 0 Å². The van der Waals surface area contributed by atoms with Crippen LogP contribution in [0.3, 0.4) is 0 Å². The van der Waals surface area contributed by atoms with Crippen LogP contribution in [0.15, 0.2) is 24.3 Å². The van der Waals surface area contributed by atoms with Crippen LogP contribution in [-0.2, 0) is 16.1 Å². The number of aliphatic hydroxyl groups is 1. The molecule has 1 aromatic rings. The van der Waals surface area contributed by atoms with Gasteiger partial charge in [-0.25, -0.2) is 4.79 Å². The number of likely N-dealkylation sites (tertiary alicyclic amines) is 2. The second kappa shape index (κ2) is 9.05. The van der Waals surface area contributed by atoms with E-state index in [9.17, 15) is 14.4 Å². The Morgan fingerprint density at radius 1 is 1.07 bits per heavy atom. The van der Waals surface area contributed by atoms with Gasteiger partial charge >= 0.3 is 6.03 Å². The standard InChI is InChI=1S/C20H27N3O5/c1-28-15-8-6-14(7-9-15)12-21-20(27)23-11-3-5-17(23)19(26)22-10-2-4-16(22)18(25)13-24/h6-9,16-17,24H,2-5,10-13H2,1H3,(H,21,27)/t16-,17-/m0/s1. The van der Waals surface area contributed by atoms with Crippen molar-refractivity contribution < 1.29 is 24.2 Å². The Balaban J connectivity index is 1.60. The average molecular weight is 389 g/mol. The third-order valence-corrected chi connectivity index (χ3v) is 5.46. The first-order valence-corrected chi connectivity index (χ1v) is 9.66. The lowest BCUT2D eigenvalue weighted by molar-refractivity contribution is -0.141. The summed E-state index contributed by atoms with van der Waals surface area (Å²) in [6.45, 7) is 0.797. The number of ketones is 1. The molecule has 3 rings (SSSR count). The molecule has 2 aliphatic rings. The minimum Gasteiger partial charge on any atom is -0.497 e. The van der Waals surface area contributed by atoms with Crippen LogP contribution in [0.25, 0.3) is 0 Å². The number of ether oxygens (including phenoxy) is 1. The normalized spacial score (nSPS) is 21.6. The Morgan fingerprint density at radius 3 is 2.36 bits per heavy atom. The van der Waals surface area contributed by atoms with Crippen LogP contribution in [0.5, 0.6) is 5.75 Å². The lowest BCUT2D eigenvalue weighted by atomic mass is 10.1. The van der Waals surface area contributed by atoms with E-state index in [2.05, 4.69) is 5.32 Å².